The van der Waals surface area contributed by atoms with Gasteiger partial charge in [0.15, 0.2) is 12.2 Å². The minimum Gasteiger partial charge on any atom is -0.462 e. The van der Waals surface area contributed by atoms with Crippen molar-refractivity contribution >= 4 is 39.5 Å². The molecule has 0 aromatic rings. The van der Waals surface area contributed by atoms with E-state index in [0.29, 0.717) is 25.7 Å². The average Bonchev–Trinajstić information content (AvgIpc) is 0.902. The van der Waals surface area contributed by atoms with E-state index < -0.39 is 97.5 Å². The van der Waals surface area contributed by atoms with Crippen molar-refractivity contribution in [3.63, 3.8) is 0 Å². The Kier molecular flexibility index (Phi) is 79.2. The Balaban J connectivity index is 5.25. The summed E-state index contributed by atoms with van der Waals surface area (Å²) < 4.78 is 69.0. The topological polar surface area (TPSA) is 237 Å². The molecule has 0 radical (unpaired) electrons. The predicted octanol–water partition coefficient (Wildman–Crippen LogP) is 27.2. The van der Waals surface area contributed by atoms with E-state index in [9.17, 15) is 43.2 Å². The van der Waals surface area contributed by atoms with Gasteiger partial charge in [-0.15, -0.1) is 0 Å². The second-order valence-corrected chi connectivity index (χ2v) is 34.8. The fourth-order valence-electron chi connectivity index (χ4n) is 13.8. The van der Waals surface area contributed by atoms with Gasteiger partial charge in [-0.3, -0.25) is 37.3 Å². The number of phosphoric acid groups is 2. The molecule has 0 heterocycles. The SMILES string of the molecule is CCCCCCCCCCCCCCCCCCCC(=O)OC[C@H](COP(=O)(O)OC[C@@H](O)COP(=O)(O)OC[C@@H](COC(=O)CCCCCCCCCCCCCCC)OC(=O)CCCCCCCCCCCCCCCCC)OC(=O)CCCCCCCCCCCCCCCCCCCCC(C)CC. The molecule has 3 unspecified atom stereocenters. The number of ether oxygens (including phenoxy) is 4. The zero-order valence-corrected chi connectivity index (χ0v) is 72.1. The number of carbonyl (C=O) groups is 4. The number of carbonyl (C=O) groups excluding carboxylic acids is 4. The van der Waals surface area contributed by atoms with Crippen molar-refractivity contribution in [1.29, 1.82) is 0 Å². The molecule has 0 amide bonds. The molecule has 6 atom stereocenters. The average molecular weight is 1560 g/mol. The summed E-state index contributed by atoms with van der Waals surface area (Å²) in [4.78, 5) is 73.3. The first-order valence-corrected chi connectivity index (χ1v) is 48.7. The van der Waals surface area contributed by atoms with Crippen LogP contribution in [0.15, 0.2) is 0 Å². The minimum atomic E-state index is -4.97. The van der Waals surface area contributed by atoms with Crippen molar-refractivity contribution in [3.05, 3.63) is 0 Å². The first kappa shape index (κ1) is 105. The first-order chi connectivity index (χ1) is 52.1. The van der Waals surface area contributed by atoms with Crippen LogP contribution in [-0.4, -0.2) is 96.7 Å². The minimum absolute atomic E-state index is 0.109. The van der Waals surface area contributed by atoms with Crippen molar-refractivity contribution in [3.8, 4) is 0 Å². The first-order valence-electron chi connectivity index (χ1n) is 45.7. The van der Waals surface area contributed by atoms with Crippen LogP contribution in [0.3, 0.4) is 0 Å². The van der Waals surface area contributed by atoms with Crippen molar-refractivity contribution in [1.82, 2.24) is 0 Å². The second-order valence-electron chi connectivity index (χ2n) is 31.9. The molecular formula is C88H172O17P2. The van der Waals surface area contributed by atoms with Crippen molar-refractivity contribution in [2.45, 2.75) is 496 Å². The molecule has 0 saturated carbocycles. The van der Waals surface area contributed by atoms with Gasteiger partial charge >= 0.3 is 39.5 Å². The Bertz CT molecular complexity index is 2030. The van der Waals surface area contributed by atoms with Gasteiger partial charge in [0.1, 0.15) is 19.3 Å². The summed E-state index contributed by atoms with van der Waals surface area (Å²) in [5, 5.41) is 10.7. The van der Waals surface area contributed by atoms with Gasteiger partial charge in [0.25, 0.3) is 0 Å². The molecule has 0 aliphatic heterocycles. The summed E-state index contributed by atoms with van der Waals surface area (Å²) >= 11 is 0. The van der Waals surface area contributed by atoms with Crippen LogP contribution in [0.2, 0.25) is 0 Å². The summed E-state index contributed by atoms with van der Waals surface area (Å²) in [6.45, 7) is 7.46. The maximum Gasteiger partial charge on any atom is 0.472 e. The number of aliphatic hydroxyl groups excluding tert-OH is 1. The normalized spacial score (nSPS) is 14.0. The van der Waals surface area contributed by atoms with Gasteiger partial charge < -0.3 is 33.8 Å². The molecule has 0 aliphatic carbocycles. The lowest BCUT2D eigenvalue weighted by Crippen LogP contribution is -2.30. The lowest BCUT2D eigenvalue weighted by molar-refractivity contribution is -0.161. The number of esters is 4. The highest BCUT2D eigenvalue weighted by atomic mass is 31.2. The summed E-state index contributed by atoms with van der Waals surface area (Å²) in [5.41, 5.74) is 0. The predicted molar refractivity (Wildman–Crippen MR) is 442 cm³/mol. The highest BCUT2D eigenvalue weighted by molar-refractivity contribution is 7.47. The zero-order valence-electron chi connectivity index (χ0n) is 70.3. The van der Waals surface area contributed by atoms with Crippen LogP contribution in [0.4, 0.5) is 0 Å². The summed E-state index contributed by atoms with van der Waals surface area (Å²) in [6, 6.07) is 0. The lowest BCUT2D eigenvalue weighted by Gasteiger charge is -2.21. The van der Waals surface area contributed by atoms with Gasteiger partial charge in [0.05, 0.1) is 26.4 Å². The fraction of sp³-hybridized carbons (Fsp3) is 0.955. The van der Waals surface area contributed by atoms with E-state index in [2.05, 4.69) is 34.6 Å². The van der Waals surface area contributed by atoms with Gasteiger partial charge in [-0.05, 0) is 31.6 Å². The van der Waals surface area contributed by atoms with Gasteiger partial charge in [0, 0.05) is 25.7 Å². The maximum atomic E-state index is 13.2. The largest absolute Gasteiger partial charge is 0.472 e. The molecule has 3 N–H and O–H groups in total. The lowest BCUT2D eigenvalue weighted by atomic mass is 9.99. The van der Waals surface area contributed by atoms with Crippen molar-refractivity contribution < 1.29 is 80.2 Å². The third kappa shape index (κ3) is 80.5. The molecule has 0 spiro atoms. The molecule has 0 aromatic heterocycles. The molecule has 0 rings (SSSR count). The standard InChI is InChI=1S/C88H172O17P2/c1-6-10-13-16-19-22-25-28-30-33-38-42-47-52-57-62-67-72-86(91)99-78-84(105-88(93)74-69-64-59-54-49-44-39-35-32-31-34-37-41-45-50-55-60-65-70-81(5)9-4)80-103-107(96,97)101-76-82(89)75-100-106(94,95)102-79-83(77-98-85(90)71-66-61-56-51-46-40-27-24-21-18-15-12-8-3)104-87(92)73-68-63-58-53-48-43-36-29-26-23-20-17-14-11-7-2/h81-84,89H,6-80H2,1-5H3,(H,94,95)(H,96,97)/t81?,82-,83+,84+/m0/s1. The summed E-state index contributed by atoms with van der Waals surface area (Å²) in [5.74, 6) is -1.22. The van der Waals surface area contributed by atoms with E-state index in [1.807, 2.05) is 0 Å². The molecule has 636 valence electrons. The molecular weight excluding hydrogens is 1390 g/mol. The molecule has 0 saturated heterocycles. The Morgan fingerprint density at radius 2 is 0.449 bits per heavy atom. The van der Waals surface area contributed by atoms with Crippen LogP contribution < -0.4 is 0 Å². The van der Waals surface area contributed by atoms with Gasteiger partial charge in [-0.1, -0.05) is 426 Å². The van der Waals surface area contributed by atoms with E-state index in [4.69, 9.17) is 37.0 Å². The number of phosphoric ester groups is 2. The Morgan fingerprint density at radius 1 is 0.262 bits per heavy atom. The highest BCUT2D eigenvalue weighted by Gasteiger charge is 2.30. The van der Waals surface area contributed by atoms with Gasteiger partial charge in [0.2, 0.25) is 0 Å². The molecule has 17 nitrogen and oxygen atoms in total. The zero-order chi connectivity index (χ0) is 78.3. The second kappa shape index (κ2) is 80.7. The molecule has 0 bridgehead atoms. The molecule has 19 heteroatoms. The number of rotatable bonds is 88. The molecule has 0 aromatic carbocycles. The molecule has 107 heavy (non-hydrogen) atoms. The maximum absolute atomic E-state index is 13.2. The van der Waals surface area contributed by atoms with Crippen LogP contribution in [0.5, 0.6) is 0 Å². The molecule has 0 aliphatic rings. The number of hydrogen-bond acceptors (Lipinski definition) is 15. The number of unbranched alkanes of at least 4 members (excludes halogenated alkanes) is 59. The quantitative estimate of drug-likeness (QED) is 0.0222. The Hall–Kier alpha value is -1.94. The van der Waals surface area contributed by atoms with Crippen LogP contribution in [0.25, 0.3) is 0 Å². The summed E-state index contributed by atoms with van der Waals surface area (Å²) in [7, 11) is -9.93. The van der Waals surface area contributed by atoms with Crippen LogP contribution in [0.1, 0.15) is 478 Å². The van der Waals surface area contributed by atoms with Crippen molar-refractivity contribution in [2.24, 2.45) is 5.92 Å². The fourth-order valence-corrected chi connectivity index (χ4v) is 15.4. The smallest absolute Gasteiger partial charge is 0.462 e. The third-order valence-electron chi connectivity index (χ3n) is 21.1. The van der Waals surface area contributed by atoms with E-state index in [0.717, 1.165) is 95.8 Å². The van der Waals surface area contributed by atoms with Crippen LogP contribution >= 0.6 is 15.6 Å². The highest BCUT2D eigenvalue weighted by Crippen LogP contribution is 2.45. The van der Waals surface area contributed by atoms with E-state index in [1.165, 1.54) is 302 Å². The number of aliphatic hydroxyl groups is 1. The Labute approximate surface area is 658 Å². The monoisotopic (exact) mass is 1560 g/mol. The Morgan fingerprint density at radius 3 is 0.664 bits per heavy atom. The van der Waals surface area contributed by atoms with Crippen LogP contribution in [-0.2, 0) is 65.4 Å². The van der Waals surface area contributed by atoms with Gasteiger partial charge in [-0.25, -0.2) is 9.13 Å². The van der Waals surface area contributed by atoms with E-state index in [1.54, 1.807) is 0 Å². The van der Waals surface area contributed by atoms with Crippen molar-refractivity contribution in [2.75, 3.05) is 39.6 Å². The van der Waals surface area contributed by atoms with E-state index >= 15 is 0 Å². The van der Waals surface area contributed by atoms with Crippen LogP contribution in [0, 0.1) is 5.92 Å². The number of hydrogen-bond donors (Lipinski definition) is 3. The third-order valence-corrected chi connectivity index (χ3v) is 23.0. The molecule has 0 fully saturated rings. The van der Waals surface area contributed by atoms with E-state index in [-0.39, 0.29) is 25.7 Å². The van der Waals surface area contributed by atoms with Gasteiger partial charge in [-0.2, -0.15) is 0 Å². The summed E-state index contributed by atoms with van der Waals surface area (Å²) in [6.07, 6.45) is 74.8.